The summed E-state index contributed by atoms with van der Waals surface area (Å²) < 4.78 is 32.0. The van der Waals surface area contributed by atoms with Crippen molar-refractivity contribution in [3.63, 3.8) is 0 Å². The number of alkyl carbamates (subject to hydrolysis) is 2. The van der Waals surface area contributed by atoms with Crippen LogP contribution in [0.2, 0.25) is 0 Å². The minimum atomic E-state index is -5.01. The zero-order valence-electron chi connectivity index (χ0n) is 33.6. The molecule has 1 aromatic heterocycles. The molecule has 312 valence electrons. The standard InChI is InChI=1S/C39H55N6O11P/c1-38(2,3)32(42-36(48)53-7)34(46)41-30(22-26-14-10-9-11-15-26)31(55-25-56-57(50,51)52)24-45(44-35(47)33(39(4,5)6)43-37(49)54-8)23-27-17-19-28(20-18-27)29-16-12-13-21-40-29/h9-21,30-33H,22-25H2,1-8H3,(H,41,46)(H,42,48)(H,43,49)(H,44,47)(H2,50,51,52)/t30-,31-,32+,33+/m0/s1. The molecule has 17 nitrogen and oxygen atoms in total. The van der Waals surface area contributed by atoms with E-state index in [0.29, 0.717) is 0 Å². The molecule has 0 aliphatic carbocycles. The van der Waals surface area contributed by atoms with Gasteiger partial charge in [-0.3, -0.25) is 24.5 Å². The van der Waals surface area contributed by atoms with E-state index in [1.807, 2.05) is 60.7 Å². The van der Waals surface area contributed by atoms with Crippen LogP contribution >= 0.6 is 7.82 Å². The summed E-state index contributed by atoms with van der Waals surface area (Å²) in [7, 11) is -2.65. The van der Waals surface area contributed by atoms with Gasteiger partial charge in [0.1, 0.15) is 12.1 Å². The summed E-state index contributed by atoms with van der Waals surface area (Å²) in [6, 6.07) is 18.9. The van der Waals surface area contributed by atoms with Crippen LogP contribution < -0.4 is 21.4 Å². The van der Waals surface area contributed by atoms with E-state index in [1.54, 1.807) is 59.9 Å². The zero-order valence-corrected chi connectivity index (χ0v) is 34.4. The predicted octanol–water partition coefficient (Wildman–Crippen LogP) is 4.30. The molecule has 0 radical (unpaired) electrons. The van der Waals surface area contributed by atoms with Gasteiger partial charge in [-0.05, 0) is 40.5 Å². The van der Waals surface area contributed by atoms with Crippen molar-refractivity contribution in [1.29, 1.82) is 0 Å². The molecular formula is C39H55N6O11P. The molecule has 1 heterocycles. The highest BCUT2D eigenvalue weighted by molar-refractivity contribution is 7.46. The summed E-state index contributed by atoms with van der Waals surface area (Å²) in [4.78, 5) is 76.3. The van der Waals surface area contributed by atoms with Gasteiger partial charge in [-0.15, -0.1) is 0 Å². The number of nitrogens with zero attached hydrogens (tertiary/aromatic N) is 2. The van der Waals surface area contributed by atoms with Crippen molar-refractivity contribution in [1.82, 2.24) is 31.4 Å². The molecule has 0 bridgehead atoms. The first-order valence-corrected chi connectivity index (χ1v) is 19.6. The second-order valence-electron chi connectivity index (χ2n) is 15.4. The molecule has 0 saturated carbocycles. The number of carbonyl (C=O) groups excluding carboxylic acids is 4. The van der Waals surface area contributed by atoms with Gasteiger partial charge in [-0.25, -0.2) is 19.2 Å². The van der Waals surface area contributed by atoms with Gasteiger partial charge in [0.05, 0.1) is 32.1 Å². The first-order valence-electron chi connectivity index (χ1n) is 18.1. The number of rotatable bonds is 18. The third kappa shape index (κ3) is 15.9. The van der Waals surface area contributed by atoms with E-state index in [1.165, 1.54) is 19.2 Å². The van der Waals surface area contributed by atoms with E-state index >= 15 is 0 Å². The van der Waals surface area contributed by atoms with Crippen LogP contribution in [0.4, 0.5) is 9.59 Å². The Morgan fingerprint density at radius 1 is 0.754 bits per heavy atom. The zero-order chi connectivity index (χ0) is 42.4. The number of ether oxygens (including phenoxy) is 3. The summed E-state index contributed by atoms with van der Waals surface area (Å²) in [6.45, 7) is 9.52. The normalized spacial score (nSPS) is 14.1. The fourth-order valence-electron chi connectivity index (χ4n) is 5.72. The van der Waals surface area contributed by atoms with Gasteiger partial charge in [0, 0.05) is 24.8 Å². The van der Waals surface area contributed by atoms with Crippen LogP contribution in [0.1, 0.15) is 52.7 Å². The largest absolute Gasteiger partial charge is 0.471 e. The Bertz CT molecular complexity index is 1800. The number of hydrogen-bond donors (Lipinski definition) is 6. The maximum atomic E-state index is 14.1. The molecule has 4 amide bonds. The fraction of sp³-hybridized carbons (Fsp3) is 0.462. The lowest BCUT2D eigenvalue weighted by Crippen LogP contribution is -2.61. The lowest BCUT2D eigenvalue weighted by atomic mass is 9.85. The number of hydrogen-bond acceptors (Lipinski definition) is 11. The van der Waals surface area contributed by atoms with E-state index < -0.39 is 73.7 Å². The lowest BCUT2D eigenvalue weighted by molar-refractivity contribution is -0.135. The van der Waals surface area contributed by atoms with Gasteiger partial charge in [0.2, 0.25) is 5.91 Å². The molecule has 3 rings (SSSR count). The van der Waals surface area contributed by atoms with Crippen LogP contribution in [0.25, 0.3) is 11.3 Å². The van der Waals surface area contributed by atoms with Crippen molar-refractivity contribution in [2.45, 2.75) is 78.7 Å². The van der Waals surface area contributed by atoms with Gasteiger partial charge in [0.15, 0.2) is 6.79 Å². The number of phosphoric ester groups is 1. The second kappa shape index (κ2) is 21.0. The average molecular weight is 815 g/mol. The average Bonchev–Trinajstić information content (AvgIpc) is 3.14. The van der Waals surface area contributed by atoms with Crippen molar-refractivity contribution in [2.24, 2.45) is 10.8 Å². The fourth-order valence-corrected chi connectivity index (χ4v) is 5.92. The van der Waals surface area contributed by atoms with Gasteiger partial charge < -0.3 is 39.9 Å². The number of methoxy groups -OCH3 is 2. The highest BCUT2D eigenvalue weighted by Crippen LogP contribution is 2.35. The monoisotopic (exact) mass is 814 g/mol. The van der Waals surface area contributed by atoms with E-state index in [2.05, 4.69) is 26.4 Å². The molecule has 3 aromatic rings. The van der Waals surface area contributed by atoms with Gasteiger partial charge in [0.25, 0.3) is 5.91 Å². The van der Waals surface area contributed by atoms with Crippen molar-refractivity contribution < 1.29 is 52.3 Å². The van der Waals surface area contributed by atoms with Crippen molar-refractivity contribution in [3.8, 4) is 11.3 Å². The minimum absolute atomic E-state index is 0.0586. The summed E-state index contributed by atoms with van der Waals surface area (Å²) in [5, 5.41) is 9.65. The Morgan fingerprint density at radius 3 is 1.82 bits per heavy atom. The number of benzene rings is 2. The van der Waals surface area contributed by atoms with Crippen molar-refractivity contribution in [3.05, 3.63) is 90.1 Å². The number of hydrazine groups is 1. The number of aromatic nitrogens is 1. The maximum Gasteiger partial charge on any atom is 0.471 e. The molecule has 0 unspecified atom stereocenters. The number of pyridine rings is 1. The Hall–Kier alpha value is -4.90. The van der Waals surface area contributed by atoms with Crippen LogP contribution in [-0.2, 0) is 45.9 Å². The summed E-state index contributed by atoms with van der Waals surface area (Å²) in [5.41, 5.74) is 4.39. The molecular weight excluding hydrogens is 759 g/mol. The van der Waals surface area contributed by atoms with Crippen molar-refractivity contribution in [2.75, 3.05) is 27.6 Å². The van der Waals surface area contributed by atoms with E-state index in [4.69, 9.17) is 18.7 Å². The first-order chi connectivity index (χ1) is 26.7. The van der Waals surface area contributed by atoms with E-state index in [-0.39, 0.29) is 19.5 Å². The van der Waals surface area contributed by atoms with Crippen molar-refractivity contribution >= 4 is 31.8 Å². The third-order valence-corrected chi connectivity index (χ3v) is 9.13. The van der Waals surface area contributed by atoms with Gasteiger partial charge in [-0.2, -0.15) is 0 Å². The lowest BCUT2D eigenvalue weighted by Gasteiger charge is -2.37. The summed E-state index contributed by atoms with van der Waals surface area (Å²) in [6.07, 6.45) is -0.974. The Morgan fingerprint density at radius 2 is 1.32 bits per heavy atom. The molecule has 0 fully saturated rings. The first kappa shape index (κ1) is 46.5. The SMILES string of the molecule is COC(=O)N[C@H](C(=O)N[C@@H](Cc1ccccc1)[C@H](CN(Cc1ccc(-c2ccccn2)cc1)NC(=O)[C@@H](NC(=O)OC)C(C)(C)C)OCOP(=O)(O)O)C(C)(C)C. The van der Waals surface area contributed by atoms with Crippen LogP contribution in [0.15, 0.2) is 79.0 Å². The number of phosphoric acid groups is 1. The van der Waals surface area contributed by atoms with E-state index in [0.717, 1.165) is 22.4 Å². The molecule has 0 saturated heterocycles. The van der Waals surface area contributed by atoms with Crippen LogP contribution in [-0.4, -0.2) is 95.6 Å². The van der Waals surface area contributed by atoms with E-state index in [9.17, 15) is 33.5 Å². The molecule has 4 atom stereocenters. The second-order valence-corrected chi connectivity index (χ2v) is 16.6. The number of carbonyl (C=O) groups is 4. The highest BCUT2D eigenvalue weighted by Gasteiger charge is 2.38. The predicted molar refractivity (Wildman–Crippen MR) is 211 cm³/mol. The minimum Gasteiger partial charge on any atom is -0.453 e. The summed E-state index contributed by atoms with van der Waals surface area (Å²) in [5.74, 6) is -1.21. The van der Waals surface area contributed by atoms with Crippen LogP contribution in [0.3, 0.4) is 0 Å². The quantitative estimate of drug-likeness (QED) is 0.0599. The van der Waals surface area contributed by atoms with Gasteiger partial charge >= 0.3 is 20.0 Å². The molecule has 0 spiro atoms. The smallest absolute Gasteiger partial charge is 0.453 e. The molecule has 18 heteroatoms. The van der Waals surface area contributed by atoms with Crippen LogP contribution in [0, 0.1) is 10.8 Å². The molecule has 0 aliphatic heterocycles. The number of nitrogens with one attached hydrogen (secondary N) is 4. The summed E-state index contributed by atoms with van der Waals surface area (Å²) >= 11 is 0. The molecule has 57 heavy (non-hydrogen) atoms. The Balaban J connectivity index is 2.11. The van der Waals surface area contributed by atoms with Gasteiger partial charge in [-0.1, -0.05) is 102 Å². The maximum absolute atomic E-state index is 14.1. The Kier molecular flexibility index (Phi) is 17.1. The third-order valence-electron chi connectivity index (χ3n) is 8.69. The molecule has 6 N–H and O–H groups in total. The molecule has 2 aromatic carbocycles. The highest BCUT2D eigenvalue weighted by atomic mass is 31.2. The number of amides is 4. The van der Waals surface area contributed by atoms with Crippen LogP contribution in [0.5, 0.6) is 0 Å². The molecule has 0 aliphatic rings. The topological polar surface area (TPSA) is 227 Å². The Labute approximate surface area is 333 Å².